The maximum absolute atomic E-state index is 14.7. The number of nitrogens with zero attached hydrogens (tertiary/aromatic N) is 6. The van der Waals surface area contributed by atoms with Crippen molar-refractivity contribution < 1.29 is 9.18 Å². The van der Waals surface area contributed by atoms with Crippen LogP contribution in [0, 0.1) is 11.2 Å². The second kappa shape index (κ2) is 12.0. The molecule has 1 aromatic carbocycles. The number of benzene rings is 1. The minimum Gasteiger partial charge on any atom is -0.384 e. The van der Waals surface area contributed by atoms with Gasteiger partial charge in [0, 0.05) is 60.5 Å². The molecule has 0 atom stereocenters. The fourth-order valence-corrected chi connectivity index (χ4v) is 5.11. The van der Waals surface area contributed by atoms with Gasteiger partial charge in [-0.25, -0.2) is 14.4 Å². The number of rotatable bonds is 9. The summed E-state index contributed by atoms with van der Waals surface area (Å²) in [6.45, 7) is 7.55. The first-order chi connectivity index (χ1) is 21.5. The van der Waals surface area contributed by atoms with E-state index in [4.69, 9.17) is 4.98 Å². The first-order valence-electron chi connectivity index (χ1n) is 14.7. The lowest BCUT2D eigenvalue weighted by Gasteiger charge is -2.17. The third-order valence-corrected chi connectivity index (χ3v) is 7.15. The second-order valence-corrected chi connectivity index (χ2v) is 12.5. The van der Waals surface area contributed by atoms with Crippen LogP contribution in [0.2, 0.25) is 0 Å². The Morgan fingerprint density at radius 3 is 2.58 bits per heavy atom. The summed E-state index contributed by atoms with van der Waals surface area (Å²) in [5.74, 6) is 0.114. The molecule has 6 aromatic rings. The van der Waals surface area contributed by atoms with Crippen molar-refractivity contribution in [1.29, 1.82) is 0 Å². The molecule has 12 heteroatoms. The van der Waals surface area contributed by atoms with Gasteiger partial charge in [0.2, 0.25) is 5.91 Å². The van der Waals surface area contributed by atoms with E-state index in [1.165, 1.54) is 12.1 Å². The fourth-order valence-electron chi connectivity index (χ4n) is 5.11. The molecule has 0 bridgehead atoms. The summed E-state index contributed by atoms with van der Waals surface area (Å²) in [5.41, 5.74) is 6.45. The Kier molecular flexibility index (Phi) is 7.98. The molecule has 0 spiro atoms. The maximum atomic E-state index is 14.7. The molecule has 0 aliphatic carbocycles. The highest BCUT2D eigenvalue weighted by atomic mass is 19.1. The Bertz CT molecular complexity index is 2010. The number of pyridine rings is 3. The lowest BCUT2D eigenvalue weighted by atomic mass is 9.92. The van der Waals surface area contributed by atoms with Crippen LogP contribution in [-0.2, 0) is 4.79 Å². The number of halogens is 1. The number of aromatic amines is 2. The SMILES string of the molecule is CN(C)CCNc1cc(F)cc(-c2nccc3[nH]c(-c4[nH]nc5ncc(-c6cncc(NC(=O)CC(C)(C)C)c6)cc45)nc23)c1. The number of carbonyl (C=O) groups is 1. The third-order valence-electron chi connectivity index (χ3n) is 7.15. The zero-order chi connectivity index (χ0) is 31.7. The fraction of sp³-hybridized carbons (Fsp3) is 0.273. The molecule has 5 heterocycles. The molecule has 0 saturated carbocycles. The highest BCUT2D eigenvalue weighted by Crippen LogP contribution is 2.33. The molecule has 0 aliphatic heterocycles. The number of amides is 1. The molecular formula is C33H35FN10O. The van der Waals surface area contributed by atoms with Crippen LogP contribution in [0.15, 0.2) is 61.2 Å². The van der Waals surface area contributed by atoms with E-state index in [1.807, 2.05) is 59.1 Å². The normalized spacial score (nSPS) is 11.9. The van der Waals surface area contributed by atoms with Gasteiger partial charge in [-0.05, 0) is 55.9 Å². The highest BCUT2D eigenvalue weighted by Gasteiger charge is 2.19. The van der Waals surface area contributed by atoms with E-state index in [2.05, 4.69) is 45.7 Å². The van der Waals surface area contributed by atoms with E-state index in [-0.39, 0.29) is 17.1 Å². The molecular weight excluding hydrogens is 571 g/mol. The van der Waals surface area contributed by atoms with E-state index >= 15 is 0 Å². The van der Waals surface area contributed by atoms with Gasteiger partial charge in [-0.3, -0.25) is 19.9 Å². The van der Waals surface area contributed by atoms with Crippen LogP contribution in [-0.4, -0.2) is 73.1 Å². The maximum Gasteiger partial charge on any atom is 0.224 e. The predicted octanol–water partition coefficient (Wildman–Crippen LogP) is 6.11. The third kappa shape index (κ3) is 6.80. The largest absolute Gasteiger partial charge is 0.384 e. The average molecular weight is 607 g/mol. The van der Waals surface area contributed by atoms with Gasteiger partial charge in [0.1, 0.15) is 17.0 Å². The van der Waals surface area contributed by atoms with Crippen molar-refractivity contribution in [1.82, 2.24) is 40.0 Å². The van der Waals surface area contributed by atoms with Crippen LogP contribution in [0.25, 0.3) is 56.0 Å². The van der Waals surface area contributed by atoms with Gasteiger partial charge in [0.05, 0.1) is 28.5 Å². The van der Waals surface area contributed by atoms with E-state index < -0.39 is 0 Å². The van der Waals surface area contributed by atoms with Crippen LogP contribution in [0.1, 0.15) is 27.2 Å². The van der Waals surface area contributed by atoms with E-state index in [9.17, 15) is 9.18 Å². The number of carbonyl (C=O) groups excluding carboxylic acids is 1. The van der Waals surface area contributed by atoms with Crippen molar-refractivity contribution in [2.45, 2.75) is 27.2 Å². The summed E-state index contributed by atoms with van der Waals surface area (Å²) in [6, 6.07) is 10.5. The monoisotopic (exact) mass is 606 g/mol. The molecule has 4 N–H and O–H groups in total. The molecule has 230 valence electrons. The number of nitrogens with one attached hydrogen (secondary N) is 4. The Morgan fingerprint density at radius 2 is 1.78 bits per heavy atom. The lowest BCUT2D eigenvalue weighted by molar-refractivity contribution is -0.117. The van der Waals surface area contributed by atoms with Crippen molar-refractivity contribution in [2.75, 3.05) is 37.8 Å². The summed E-state index contributed by atoms with van der Waals surface area (Å²) in [5, 5.41) is 14.4. The van der Waals surface area contributed by atoms with Crippen molar-refractivity contribution in [3.63, 3.8) is 0 Å². The number of fused-ring (bicyclic) bond motifs is 2. The van der Waals surface area contributed by atoms with Gasteiger partial charge in [0.15, 0.2) is 11.5 Å². The Labute approximate surface area is 259 Å². The first kappa shape index (κ1) is 29.8. The Morgan fingerprint density at radius 1 is 0.978 bits per heavy atom. The van der Waals surface area contributed by atoms with Crippen LogP contribution in [0.5, 0.6) is 0 Å². The van der Waals surface area contributed by atoms with Gasteiger partial charge < -0.3 is 20.5 Å². The Balaban J connectivity index is 1.33. The zero-order valence-electron chi connectivity index (χ0n) is 25.9. The molecule has 5 aromatic heterocycles. The molecule has 0 fully saturated rings. The standard InChI is InChI=1S/C33H35FN10O/c1-33(2,3)15-27(45)39-24-12-20(16-35-18-24)21-13-25-29(42-43-31(25)38-17-21)32-40-26-6-7-37-28(30(26)41-32)19-10-22(34)14-23(11-19)36-8-9-44(4)5/h6-7,10-14,16-18,36H,8-9,15H2,1-5H3,(H,39,45)(H,40,41)(H,38,42,43). The van der Waals surface area contributed by atoms with Crippen LogP contribution < -0.4 is 10.6 Å². The number of aromatic nitrogens is 7. The minimum absolute atomic E-state index is 0.0686. The molecule has 0 unspecified atom stereocenters. The van der Waals surface area contributed by atoms with Crippen molar-refractivity contribution in [3.8, 4) is 33.9 Å². The summed E-state index contributed by atoms with van der Waals surface area (Å²) in [6.07, 6.45) is 7.14. The molecule has 0 aliphatic rings. The number of hydrogen-bond acceptors (Lipinski definition) is 8. The van der Waals surface area contributed by atoms with Gasteiger partial charge in [-0.2, -0.15) is 5.10 Å². The lowest BCUT2D eigenvalue weighted by Crippen LogP contribution is -2.20. The predicted molar refractivity (Wildman–Crippen MR) is 175 cm³/mol. The molecule has 6 rings (SSSR count). The molecule has 0 radical (unpaired) electrons. The number of hydrogen-bond donors (Lipinski definition) is 4. The van der Waals surface area contributed by atoms with Gasteiger partial charge in [0.25, 0.3) is 0 Å². The Hall–Kier alpha value is -5.23. The minimum atomic E-state index is -0.361. The van der Waals surface area contributed by atoms with Crippen molar-refractivity contribution in [3.05, 3.63) is 67.0 Å². The quantitative estimate of drug-likeness (QED) is 0.155. The summed E-state index contributed by atoms with van der Waals surface area (Å²) < 4.78 is 14.7. The summed E-state index contributed by atoms with van der Waals surface area (Å²) >= 11 is 0. The topological polar surface area (TPSA) is 140 Å². The van der Waals surface area contributed by atoms with Crippen LogP contribution in [0.3, 0.4) is 0 Å². The number of likely N-dealkylation sites (N-methyl/N-ethyl adjacent to an activating group) is 1. The molecule has 11 nitrogen and oxygen atoms in total. The van der Waals surface area contributed by atoms with E-state index in [1.54, 1.807) is 24.8 Å². The van der Waals surface area contributed by atoms with Crippen molar-refractivity contribution in [2.24, 2.45) is 5.41 Å². The van der Waals surface area contributed by atoms with Crippen LogP contribution >= 0.6 is 0 Å². The molecule has 0 saturated heterocycles. The van der Waals surface area contributed by atoms with E-state index in [0.717, 1.165) is 28.6 Å². The molecule has 1 amide bonds. The number of H-pyrrole nitrogens is 2. The smallest absolute Gasteiger partial charge is 0.224 e. The summed E-state index contributed by atoms with van der Waals surface area (Å²) in [7, 11) is 3.98. The summed E-state index contributed by atoms with van der Waals surface area (Å²) in [4.78, 5) is 36.3. The average Bonchev–Trinajstić information content (AvgIpc) is 3.59. The number of imidazole rings is 1. The zero-order valence-corrected chi connectivity index (χ0v) is 25.9. The number of anilines is 2. The van der Waals surface area contributed by atoms with Gasteiger partial charge >= 0.3 is 0 Å². The van der Waals surface area contributed by atoms with Gasteiger partial charge in [-0.15, -0.1) is 0 Å². The van der Waals surface area contributed by atoms with Crippen molar-refractivity contribution >= 4 is 39.3 Å². The second-order valence-electron chi connectivity index (χ2n) is 12.5. The molecule has 45 heavy (non-hydrogen) atoms. The highest BCUT2D eigenvalue weighted by molar-refractivity contribution is 5.97. The van der Waals surface area contributed by atoms with E-state index in [0.29, 0.717) is 58.3 Å². The van der Waals surface area contributed by atoms with Gasteiger partial charge in [-0.1, -0.05) is 20.8 Å². The first-order valence-corrected chi connectivity index (χ1v) is 14.7. The van der Waals surface area contributed by atoms with Crippen LogP contribution in [0.4, 0.5) is 15.8 Å².